The predicted molar refractivity (Wildman–Crippen MR) is 81.2 cm³/mol. The highest BCUT2D eigenvalue weighted by atomic mass is 16.5. The van der Waals surface area contributed by atoms with E-state index in [-0.39, 0.29) is 6.10 Å². The van der Waals surface area contributed by atoms with Crippen molar-refractivity contribution < 1.29 is 9.47 Å². The maximum absolute atomic E-state index is 6.01. The summed E-state index contributed by atoms with van der Waals surface area (Å²) in [6.45, 7) is 11.4. The molecule has 0 aromatic heterocycles. The average molecular weight is 278 g/mol. The largest absolute Gasteiger partial charge is 0.490 e. The summed E-state index contributed by atoms with van der Waals surface area (Å²) in [7, 11) is 0. The number of benzene rings is 1. The maximum atomic E-state index is 6.01. The molecule has 0 bridgehead atoms. The van der Waals surface area contributed by atoms with Crippen LogP contribution >= 0.6 is 0 Å². The van der Waals surface area contributed by atoms with Crippen LogP contribution in [0.1, 0.15) is 23.6 Å². The molecule has 0 radical (unpaired) electrons. The van der Waals surface area contributed by atoms with Crippen LogP contribution in [0, 0.1) is 13.8 Å². The summed E-state index contributed by atoms with van der Waals surface area (Å²) >= 11 is 0. The molecule has 1 heterocycles. The van der Waals surface area contributed by atoms with E-state index in [0.717, 1.165) is 48.7 Å². The van der Waals surface area contributed by atoms with Crippen molar-refractivity contribution in [1.82, 2.24) is 4.90 Å². The maximum Gasteiger partial charge on any atom is 0.125 e. The van der Waals surface area contributed by atoms with Gasteiger partial charge in [-0.2, -0.15) is 0 Å². The zero-order valence-corrected chi connectivity index (χ0v) is 12.8. The summed E-state index contributed by atoms with van der Waals surface area (Å²) in [5.41, 5.74) is 9.14. The van der Waals surface area contributed by atoms with Crippen molar-refractivity contribution in [3.63, 3.8) is 0 Å². The normalized spacial score (nSPS) is 20.1. The van der Waals surface area contributed by atoms with Crippen LogP contribution in [0.5, 0.6) is 5.75 Å². The van der Waals surface area contributed by atoms with E-state index >= 15 is 0 Å². The minimum atomic E-state index is 0.164. The standard InChI is InChI=1S/C16H26N2O2/c1-4-18-5-6-19-15(10-18)11-20-16-12(2)7-14(9-17)8-13(16)3/h7-8,15H,4-6,9-11,17H2,1-3H3. The number of ether oxygens (including phenoxy) is 2. The van der Waals surface area contributed by atoms with Gasteiger partial charge in [0.2, 0.25) is 0 Å². The number of nitrogens with zero attached hydrogens (tertiary/aromatic N) is 1. The molecule has 1 saturated heterocycles. The number of morpholine rings is 1. The van der Waals surface area contributed by atoms with Gasteiger partial charge in [0.1, 0.15) is 18.5 Å². The molecule has 1 fully saturated rings. The smallest absolute Gasteiger partial charge is 0.125 e. The number of hydrogen-bond acceptors (Lipinski definition) is 4. The van der Waals surface area contributed by atoms with Crippen molar-refractivity contribution in [2.45, 2.75) is 33.4 Å². The van der Waals surface area contributed by atoms with Crippen LogP contribution < -0.4 is 10.5 Å². The van der Waals surface area contributed by atoms with Gasteiger partial charge in [-0.15, -0.1) is 0 Å². The molecule has 4 nitrogen and oxygen atoms in total. The van der Waals surface area contributed by atoms with Crippen LogP contribution in [0.2, 0.25) is 0 Å². The summed E-state index contributed by atoms with van der Waals surface area (Å²) < 4.78 is 11.8. The van der Waals surface area contributed by atoms with Crippen molar-refractivity contribution in [2.75, 3.05) is 32.8 Å². The second-order valence-corrected chi connectivity index (χ2v) is 5.46. The number of hydrogen-bond donors (Lipinski definition) is 1. The SMILES string of the molecule is CCN1CCOC(COc2c(C)cc(CN)cc2C)C1. The van der Waals surface area contributed by atoms with Crippen LogP contribution in [-0.2, 0) is 11.3 Å². The summed E-state index contributed by atoms with van der Waals surface area (Å²) in [4.78, 5) is 2.40. The number of aryl methyl sites for hydroxylation is 2. The van der Waals surface area contributed by atoms with E-state index in [2.05, 4.69) is 37.8 Å². The first-order valence-electron chi connectivity index (χ1n) is 7.41. The lowest BCUT2D eigenvalue weighted by molar-refractivity contribution is -0.0465. The minimum absolute atomic E-state index is 0.164. The molecule has 1 aliphatic rings. The predicted octanol–water partition coefficient (Wildman–Crippen LogP) is 1.86. The van der Waals surface area contributed by atoms with Gasteiger partial charge in [-0.25, -0.2) is 0 Å². The van der Waals surface area contributed by atoms with Gasteiger partial charge < -0.3 is 15.2 Å². The molecule has 0 amide bonds. The van der Waals surface area contributed by atoms with Crippen LogP contribution in [-0.4, -0.2) is 43.9 Å². The first-order chi connectivity index (χ1) is 9.63. The molecule has 112 valence electrons. The highest BCUT2D eigenvalue weighted by Gasteiger charge is 2.20. The molecule has 1 aromatic carbocycles. The Morgan fingerprint density at radius 2 is 2.05 bits per heavy atom. The highest BCUT2D eigenvalue weighted by Crippen LogP contribution is 2.25. The molecule has 2 N–H and O–H groups in total. The van der Waals surface area contributed by atoms with Crippen molar-refractivity contribution >= 4 is 0 Å². The van der Waals surface area contributed by atoms with Gasteiger partial charge in [0.05, 0.1) is 6.61 Å². The Hall–Kier alpha value is -1.10. The molecule has 20 heavy (non-hydrogen) atoms. The zero-order chi connectivity index (χ0) is 14.5. The fraction of sp³-hybridized carbons (Fsp3) is 0.625. The van der Waals surface area contributed by atoms with E-state index in [0.29, 0.717) is 13.2 Å². The van der Waals surface area contributed by atoms with Gasteiger partial charge in [-0.05, 0) is 37.1 Å². The first-order valence-corrected chi connectivity index (χ1v) is 7.41. The first kappa shape index (κ1) is 15.3. The van der Waals surface area contributed by atoms with Gasteiger partial charge >= 0.3 is 0 Å². The average Bonchev–Trinajstić information content (AvgIpc) is 2.46. The van der Waals surface area contributed by atoms with Gasteiger partial charge in [-0.3, -0.25) is 4.90 Å². The Morgan fingerprint density at radius 1 is 1.35 bits per heavy atom. The van der Waals surface area contributed by atoms with E-state index in [1.807, 2.05) is 0 Å². The van der Waals surface area contributed by atoms with Gasteiger partial charge in [-0.1, -0.05) is 19.1 Å². The molecule has 0 saturated carbocycles. The van der Waals surface area contributed by atoms with E-state index < -0.39 is 0 Å². The molecule has 1 aromatic rings. The van der Waals surface area contributed by atoms with Crippen molar-refractivity contribution in [2.24, 2.45) is 5.73 Å². The third-order valence-corrected chi connectivity index (χ3v) is 3.84. The van der Waals surface area contributed by atoms with E-state index in [9.17, 15) is 0 Å². The molecule has 1 unspecified atom stereocenters. The summed E-state index contributed by atoms with van der Waals surface area (Å²) in [6, 6.07) is 4.20. The zero-order valence-electron chi connectivity index (χ0n) is 12.8. The topological polar surface area (TPSA) is 47.7 Å². The fourth-order valence-electron chi connectivity index (χ4n) is 2.73. The number of likely N-dealkylation sites (N-methyl/N-ethyl adjacent to an activating group) is 1. The highest BCUT2D eigenvalue weighted by molar-refractivity contribution is 5.43. The lowest BCUT2D eigenvalue weighted by Gasteiger charge is -2.32. The molecule has 0 aliphatic carbocycles. The third-order valence-electron chi connectivity index (χ3n) is 3.84. The Bertz CT molecular complexity index is 425. The third kappa shape index (κ3) is 3.72. The molecule has 2 rings (SSSR count). The second kappa shape index (κ2) is 7.07. The van der Waals surface area contributed by atoms with Crippen LogP contribution in [0.3, 0.4) is 0 Å². The Labute approximate surface area is 121 Å². The van der Waals surface area contributed by atoms with E-state index in [1.54, 1.807) is 0 Å². The minimum Gasteiger partial charge on any atom is -0.490 e. The summed E-state index contributed by atoms with van der Waals surface area (Å²) in [6.07, 6.45) is 0.164. The van der Waals surface area contributed by atoms with Crippen LogP contribution in [0.4, 0.5) is 0 Å². The summed E-state index contributed by atoms with van der Waals surface area (Å²) in [5.74, 6) is 0.972. The molecular weight excluding hydrogens is 252 g/mol. The lowest BCUT2D eigenvalue weighted by Crippen LogP contribution is -2.44. The van der Waals surface area contributed by atoms with E-state index in [1.165, 1.54) is 0 Å². The van der Waals surface area contributed by atoms with Gasteiger partial charge in [0.25, 0.3) is 0 Å². The Morgan fingerprint density at radius 3 is 2.65 bits per heavy atom. The molecule has 1 aliphatic heterocycles. The molecular formula is C16H26N2O2. The van der Waals surface area contributed by atoms with Crippen LogP contribution in [0.25, 0.3) is 0 Å². The molecule has 1 atom stereocenters. The monoisotopic (exact) mass is 278 g/mol. The Kier molecular flexibility index (Phi) is 5.40. The number of nitrogens with two attached hydrogens (primary N) is 1. The van der Waals surface area contributed by atoms with Gasteiger partial charge in [0, 0.05) is 19.6 Å². The summed E-state index contributed by atoms with van der Waals surface area (Å²) in [5, 5.41) is 0. The fourth-order valence-corrected chi connectivity index (χ4v) is 2.73. The van der Waals surface area contributed by atoms with Gasteiger partial charge in [0.15, 0.2) is 0 Å². The number of rotatable bonds is 5. The molecule has 0 spiro atoms. The quantitative estimate of drug-likeness (QED) is 0.893. The van der Waals surface area contributed by atoms with E-state index in [4.69, 9.17) is 15.2 Å². The Balaban J connectivity index is 1.97. The van der Waals surface area contributed by atoms with Crippen molar-refractivity contribution in [3.05, 3.63) is 28.8 Å². The van der Waals surface area contributed by atoms with Crippen molar-refractivity contribution in [1.29, 1.82) is 0 Å². The molecule has 4 heteroatoms. The second-order valence-electron chi connectivity index (χ2n) is 5.46. The van der Waals surface area contributed by atoms with Crippen molar-refractivity contribution in [3.8, 4) is 5.75 Å². The van der Waals surface area contributed by atoms with Crippen LogP contribution in [0.15, 0.2) is 12.1 Å². The lowest BCUT2D eigenvalue weighted by atomic mass is 10.1.